The number of benzene rings is 3. The van der Waals surface area contributed by atoms with Crippen LogP contribution in [0.2, 0.25) is 0 Å². The average molecular weight is 590 g/mol. The van der Waals surface area contributed by atoms with Gasteiger partial charge in [-0.05, 0) is 73.5 Å². The number of phenols is 1. The fraction of sp³-hybridized carbons (Fsp3) is 0.343. The fourth-order valence-electron chi connectivity index (χ4n) is 8.87. The lowest BCUT2D eigenvalue weighted by Crippen LogP contribution is -2.74. The Balaban J connectivity index is 1.17. The summed E-state index contributed by atoms with van der Waals surface area (Å²) in [6.07, 6.45) is 4.96. The highest BCUT2D eigenvalue weighted by molar-refractivity contribution is 6.10. The van der Waals surface area contributed by atoms with Crippen LogP contribution in [0.1, 0.15) is 78.8 Å². The SMILES string of the molecule is O=Cc1ccc(C(=O)Nc2cccc3c4c([nH]c23)C2Oc3c(O)ccc5c3[C@@]23CCN(CC2CC2)C(C5)[C@]3(O)C4)cc1C=O. The summed E-state index contributed by atoms with van der Waals surface area (Å²) in [6, 6.07) is 13.7. The normalized spacial score (nSPS) is 27.8. The van der Waals surface area contributed by atoms with Crippen molar-refractivity contribution in [2.45, 2.75) is 55.3 Å². The molecule has 9 rings (SSSR count). The van der Waals surface area contributed by atoms with Gasteiger partial charge in [-0.2, -0.15) is 0 Å². The third-order valence-electron chi connectivity index (χ3n) is 11.0. The van der Waals surface area contributed by atoms with Gasteiger partial charge in [0.15, 0.2) is 30.2 Å². The average Bonchev–Trinajstić information content (AvgIpc) is 3.66. The molecular formula is C35H31N3O6. The number of amides is 1. The second-order valence-corrected chi connectivity index (χ2v) is 13.2. The maximum absolute atomic E-state index is 13.3. The first-order valence-corrected chi connectivity index (χ1v) is 15.3. The summed E-state index contributed by atoms with van der Waals surface area (Å²) < 4.78 is 6.69. The zero-order valence-electron chi connectivity index (χ0n) is 23.9. The summed E-state index contributed by atoms with van der Waals surface area (Å²) in [5, 5.41) is 27.9. The van der Waals surface area contributed by atoms with Crippen molar-refractivity contribution in [2.24, 2.45) is 5.92 Å². The number of aromatic hydroxyl groups is 1. The van der Waals surface area contributed by atoms with Crippen LogP contribution in [-0.4, -0.2) is 63.3 Å². The lowest BCUT2D eigenvalue weighted by molar-refractivity contribution is -0.173. The summed E-state index contributed by atoms with van der Waals surface area (Å²) in [6.45, 7) is 1.85. The molecule has 2 bridgehead atoms. The van der Waals surface area contributed by atoms with Gasteiger partial charge in [0.25, 0.3) is 5.91 Å². The molecule has 1 aromatic heterocycles. The van der Waals surface area contributed by atoms with Crippen LogP contribution in [0.3, 0.4) is 0 Å². The molecule has 1 amide bonds. The standard InChI is InChI=1S/C35H31N3O6/c39-16-21-7-6-20(12-22(21)17-40)33(42)36-25-3-1-2-23-24-14-35(43)27-13-19-8-9-26(41)31-28(19)34(35,10-11-38(27)15-18-4-5-18)32(44-31)30(24)37-29(23)25/h1-3,6-9,12,16-18,27,32,37,41,43H,4-5,10-11,13-15H2,(H,36,42)/t27?,32?,34-,35+/m0/s1. The Bertz CT molecular complexity index is 1940. The van der Waals surface area contributed by atoms with E-state index in [4.69, 9.17) is 4.74 Å². The Kier molecular flexibility index (Phi) is 5.20. The zero-order valence-corrected chi connectivity index (χ0v) is 23.9. The summed E-state index contributed by atoms with van der Waals surface area (Å²) in [4.78, 5) is 42.2. The van der Waals surface area contributed by atoms with E-state index >= 15 is 0 Å². The number of aromatic nitrogens is 1. The smallest absolute Gasteiger partial charge is 0.255 e. The number of aldehydes is 2. The Morgan fingerprint density at radius 3 is 2.75 bits per heavy atom. The van der Waals surface area contributed by atoms with Crippen molar-refractivity contribution in [2.75, 3.05) is 18.4 Å². The van der Waals surface area contributed by atoms with E-state index in [9.17, 15) is 24.6 Å². The summed E-state index contributed by atoms with van der Waals surface area (Å²) in [7, 11) is 0. The lowest BCUT2D eigenvalue weighted by atomic mass is 9.49. The number of fused-ring (bicyclic) bond motifs is 4. The first kappa shape index (κ1) is 26.0. The molecule has 2 fully saturated rings. The molecule has 3 aliphatic carbocycles. The van der Waals surface area contributed by atoms with E-state index in [1.54, 1.807) is 6.07 Å². The van der Waals surface area contributed by atoms with Crippen LogP contribution in [0.25, 0.3) is 10.9 Å². The van der Waals surface area contributed by atoms with E-state index in [0.717, 1.165) is 52.8 Å². The number of nitrogens with one attached hydrogen (secondary N) is 2. The number of H-pyrrole nitrogens is 1. The molecule has 4 aromatic rings. The van der Waals surface area contributed by atoms with Gasteiger partial charge in [-0.3, -0.25) is 19.3 Å². The molecule has 2 unspecified atom stereocenters. The van der Waals surface area contributed by atoms with Gasteiger partial charge in [0.1, 0.15) is 0 Å². The number of nitrogens with zero attached hydrogens (tertiary/aromatic N) is 1. The van der Waals surface area contributed by atoms with Gasteiger partial charge < -0.3 is 25.3 Å². The minimum Gasteiger partial charge on any atom is -0.504 e. The molecule has 2 aliphatic heterocycles. The predicted molar refractivity (Wildman–Crippen MR) is 162 cm³/mol. The van der Waals surface area contributed by atoms with Crippen molar-refractivity contribution in [3.8, 4) is 11.5 Å². The second kappa shape index (κ2) is 8.80. The molecule has 1 saturated carbocycles. The van der Waals surface area contributed by atoms with Crippen molar-refractivity contribution < 1.29 is 29.3 Å². The molecule has 9 nitrogen and oxygen atoms in total. The summed E-state index contributed by atoms with van der Waals surface area (Å²) in [5.74, 6) is 0.845. The highest BCUT2D eigenvalue weighted by Gasteiger charge is 2.72. The Labute approximate surface area is 252 Å². The summed E-state index contributed by atoms with van der Waals surface area (Å²) in [5.41, 5.74) is 4.01. The van der Waals surface area contributed by atoms with Gasteiger partial charge in [-0.25, -0.2) is 0 Å². The molecule has 1 saturated heterocycles. The molecule has 222 valence electrons. The Morgan fingerprint density at radius 2 is 1.95 bits per heavy atom. The number of hydrogen-bond acceptors (Lipinski definition) is 7. The van der Waals surface area contributed by atoms with E-state index in [0.29, 0.717) is 42.8 Å². The van der Waals surface area contributed by atoms with Crippen LogP contribution in [0.5, 0.6) is 11.5 Å². The number of carbonyl (C=O) groups excluding carboxylic acids is 3. The highest BCUT2D eigenvalue weighted by atomic mass is 16.5. The van der Waals surface area contributed by atoms with Crippen LogP contribution in [0.15, 0.2) is 48.5 Å². The minimum absolute atomic E-state index is 0.0757. The van der Waals surface area contributed by atoms with Gasteiger partial charge in [0.05, 0.1) is 27.9 Å². The molecule has 3 aromatic carbocycles. The molecule has 5 aliphatic rings. The molecule has 1 spiro atoms. The highest BCUT2D eigenvalue weighted by Crippen LogP contribution is 2.69. The van der Waals surface area contributed by atoms with Gasteiger partial charge in [-0.15, -0.1) is 0 Å². The van der Waals surface area contributed by atoms with Crippen molar-refractivity contribution in [3.05, 3.63) is 87.6 Å². The maximum atomic E-state index is 13.3. The van der Waals surface area contributed by atoms with Crippen LogP contribution in [0.4, 0.5) is 5.69 Å². The summed E-state index contributed by atoms with van der Waals surface area (Å²) >= 11 is 0. The number of ether oxygens (including phenoxy) is 1. The number of piperidine rings is 1. The van der Waals surface area contributed by atoms with E-state index in [1.807, 2.05) is 24.3 Å². The van der Waals surface area contributed by atoms with Gasteiger partial charge in [0.2, 0.25) is 0 Å². The predicted octanol–water partition coefficient (Wildman–Crippen LogP) is 4.45. The third-order valence-corrected chi connectivity index (χ3v) is 11.0. The number of likely N-dealkylation sites (tertiary alicyclic amines) is 1. The molecule has 4 atom stereocenters. The van der Waals surface area contributed by atoms with Crippen LogP contribution in [-0.2, 0) is 18.3 Å². The van der Waals surface area contributed by atoms with Gasteiger partial charge in [0, 0.05) is 46.6 Å². The largest absolute Gasteiger partial charge is 0.504 e. The molecule has 4 N–H and O–H groups in total. The van der Waals surface area contributed by atoms with Crippen LogP contribution < -0.4 is 10.1 Å². The fourth-order valence-corrected chi connectivity index (χ4v) is 8.87. The van der Waals surface area contributed by atoms with Crippen LogP contribution in [0, 0.1) is 5.92 Å². The number of anilines is 1. The van der Waals surface area contributed by atoms with E-state index in [2.05, 4.69) is 15.2 Å². The number of aromatic amines is 1. The van der Waals surface area contributed by atoms with E-state index in [1.165, 1.54) is 31.0 Å². The Morgan fingerprint density at radius 1 is 1.11 bits per heavy atom. The van der Waals surface area contributed by atoms with Crippen molar-refractivity contribution >= 4 is 35.1 Å². The first-order valence-electron chi connectivity index (χ1n) is 15.3. The minimum atomic E-state index is -1.11. The third kappa shape index (κ3) is 3.23. The lowest BCUT2D eigenvalue weighted by Gasteiger charge is -2.62. The number of aliphatic hydroxyl groups is 1. The van der Waals surface area contributed by atoms with Gasteiger partial charge >= 0.3 is 0 Å². The van der Waals surface area contributed by atoms with Crippen molar-refractivity contribution in [1.29, 1.82) is 0 Å². The molecule has 9 heteroatoms. The molecule has 44 heavy (non-hydrogen) atoms. The second-order valence-electron chi connectivity index (χ2n) is 13.2. The van der Waals surface area contributed by atoms with Crippen LogP contribution >= 0.6 is 0 Å². The topological polar surface area (TPSA) is 132 Å². The number of hydrogen-bond donors (Lipinski definition) is 4. The van der Waals surface area contributed by atoms with E-state index in [-0.39, 0.29) is 28.5 Å². The maximum Gasteiger partial charge on any atom is 0.255 e. The number of carbonyl (C=O) groups is 3. The molecule has 3 heterocycles. The number of para-hydroxylation sites is 1. The van der Waals surface area contributed by atoms with E-state index < -0.39 is 23.0 Å². The number of rotatable bonds is 6. The molecular weight excluding hydrogens is 558 g/mol. The monoisotopic (exact) mass is 589 g/mol. The van der Waals surface area contributed by atoms with Crippen molar-refractivity contribution in [1.82, 2.24) is 9.88 Å². The first-order chi connectivity index (χ1) is 21.4. The zero-order chi connectivity index (χ0) is 30.0. The quantitative estimate of drug-likeness (QED) is 0.244. The Hall–Kier alpha value is -4.47. The van der Waals surface area contributed by atoms with Gasteiger partial charge in [-0.1, -0.05) is 24.3 Å². The number of phenolic OH excluding ortho intramolecular Hbond substituents is 1. The van der Waals surface area contributed by atoms with Crippen molar-refractivity contribution in [3.63, 3.8) is 0 Å². The molecule has 0 radical (unpaired) electrons.